The summed E-state index contributed by atoms with van der Waals surface area (Å²) in [5.41, 5.74) is 2.63. The first kappa shape index (κ1) is 17.9. The van der Waals surface area contributed by atoms with Crippen molar-refractivity contribution in [1.29, 1.82) is 0 Å². The van der Waals surface area contributed by atoms with Gasteiger partial charge in [0.05, 0.1) is 18.2 Å². The predicted octanol–water partition coefficient (Wildman–Crippen LogP) is 4.38. The summed E-state index contributed by atoms with van der Waals surface area (Å²) in [7, 11) is 1.56. The van der Waals surface area contributed by atoms with Gasteiger partial charge in [-0.2, -0.15) is 0 Å². The van der Waals surface area contributed by atoms with Crippen LogP contribution in [0.5, 0.6) is 11.6 Å². The Kier molecular flexibility index (Phi) is 5.16. The van der Waals surface area contributed by atoms with E-state index in [0.717, 1.165) is 21.3 Å². The highest BCUT2D eigenvalue weighted by atomic mass is 32.1. The third kappa shape index (κ3) is 3.65. The second-order valence-corrected chi connectivity index (χ2v) is 6.77. The van der Waals surface area contributed by atoms with Crippen molar-refractivity contribution in [2.45, 2.75) is 0 Å². The van der Waals surface area contributed by atoms with Gasteiger partial charge in [0.1, 0.15) is 16.9 Å². The number of nitrogens with zero attached hydrogens (tertiary/aromatic N) is 2. The van der Waals surface area contributed by atoms with E-state index in [2.05, 4.69) is 15.3 Å². The fraction of sp³-hybridized carbons (Fsp3) is 0.0952. The fourth-order valence-electron chi connectivity index (χ4n) is 2.86. The van der Waals surface area contributed by atoms with Crippen molar-refractivity contribution in [3.05, 3.63) is 66.3 Å². The van der Waals surface area contributed by atoms with Gasteiger partial charge in [-0.1, -0.05) is 42.5 Å². The Bertz CT molecular complexity index is 1110. The summed E-state index contributed by atoms with van der Waals surface area (Å²) in [4.78, 5) is 21.7. The van der Waals surface area contributed by atoms with Crippen LogP contribution in [0.4, 0.5) is 5.69 Å². The molecule has 1 N–H and O–H groups in total. The van der Waals surface area contributed by atoms with Crippen molar-refractivity contribution in [1.82, 2.24) is 9.97 Å². The Balaban J connectivity index is 1.55. The van der Waals surface area contributed by atoms with Gasteiger partial charge in [0.25, 0.3) is 5.91 Å². The van der Waals surface area contributed by atoms with Gasteiger partial charge in [0.2, 0.25) is 5.88 Å². The van der Waals surface area contributed by atoms with Crippen LogP contribution < -0.4 is 14.8 Å². The Morgan fingerprint density at radius 1 is 1.07 bits per heavy atom. The van der Waals surface area contributed by atoms with Gasteiger partial charge < -0.3 is 14.8 Å². The number of carbonyl (C=O) groups is 1. The summed E-state index contributed by atoms with van der Waals surface area (Å²) >= 11 is 1.52. The van der Waals surface area contributed by atoms with E-state index in [1.165, 1.54) is 17.7 Å². The number of anilines is 1. The van der Waals surface area contributed by atoms with E-state index in [-0.39, 0.29) is 12.5 Å². The first-order valence-electron chi connectivity index (χ1n) is 8.59. The lowest BCUT2D eigenvalue weighted by Gasteiger charge is -2.11. The fourth-order valence-corrected chi connectivity index (χ4v) is 3.76. The molecule has 0 aliphatic heterocycles. The number of amides is 1. The van der Waals surface area contributed by atoms with Gasteiger partial charge >= 0.3 is 0 Å². The van der Waals surface area contributed by atoms with Crippen LogP contribution in [0.2, 0.25) is 0 Å². The quantitative estimate of drug-likeness (QED) is 0.528. The molecular formula is C21H17N3O3S. The maximum absolute atomic E-state index is 12.4. The second kappa shape index (κ2) is 8.06. The monoisotopic (exact) mass is 391 g/mol. The van der Waals surface area contributed by atoms with Crippen LogP contribution in [0.15, 0.2) is 66.3 Å². The molecule has 2 aromatic carbocycles. The Morgan fingerprint density at radius 3 is 2.68 bits per heavy atom. The molecule has 0 radical (unpaired) electrons. The van der Waals surface area contributed by atoms with Crippen LogP contribution in [0.1, 0.15) is 0 Å². The molecule has 0 saturated heterocycles. The summed E-state index contributed by atoms with van der Waals surface area (Å²) in [6.45, 7) is -0.172. The second-order valence-electron chi connectivity index (χ2n) is 5.91. The van der Waals surface area contributed by atoms with Crippen molar-refractivity contribution >= 4 is 33.1 Å². The molecule has 1 amide bonds. The lowest BCUT2D eigenvalue weighted by atomic mass is 10.1. The number of hydrogen-bond acceptors (Lipinski definition) is 6. The van der Waals surface area contributed by atoms with Crippen molar-refractivity contribution in [3.8, 4) is 22.8 Å². The maximum Gasteiger partial charge on any atom is 0.262 e. The van der Waals surface area contributed by atoms with Crippen LogP contribution >= 0.6 is 11.3 Å². The van der Waals surface area contributed by atoms with Gasteiger partial charge in [0, 0.05) is 10.9 Å². The minimum Gasteiger partial charge on any atom is -0.495 e. The molecule has 28 heavy (non-hydrogen) atoms. The average molecular weight is 391 g/mol. The Hall–Kier alpha value is -3.45. The van der Waals surface area contributed by atoms with Crippen molar-refractivity contribution in [3.63, 3.8) is 0 Å². The lowest BCUT2D eigenvalue weighted by molar-refractivity contribution is -0.118. The third-order valence-corrected chi connectivity index (χ3v) is 5.03. The van der Waals surface area contributed by atoms with Crippen LogP contribution in [0.25, 0.3) is 21.3 Å². The number of benzene rings is 2. The number of methoxy groups -OCH3 is 1. The number of hydrogen-bond donors (Lipinski definition) is 1. The largest absolute Gasteiger partial charge is 0.495 e. The van der Waals surface area contributed by atoms with E-state index in [1.807, 2.05) is 47.8 Å². The van der Waals surface area contributed by atoms with Crippen molar-refractivity contribution in [2.75, 3.05) is 19.0 Å². The summed E-state index contributed by atoms with van der Waals surface area (Å²) in [6.07, 6.45) is 1.45. The van der Waals surface area contributed by atoms with Gasteiger partial charge in [-0.25, -0.2) is 9.97 Å². The molecule has 4 aromatic rings. The number of carbonyl (C=O) groups excluding carboxylic acids is 1. The normalized spacial score (nSPS) is 10.6. The van der Waals surface area contributed by atoms with E-state index in [4.69, 9.17) is 9.47 Å². The summed E-state index contributed by atoms with van der Waals surface area (Å²) < 4.78 is 11.0. The van der Waals surface area contributed by atoms with Gasteiger partial charge in [-0.05, 0) is 17.7 Å². The van der Waals surface area contributed by atoms with Crippen LogP contribution in [0, 0.1) is 0 Å². The maximum atomic E-state index is 12.4. The predicted molar refractivity (Wildman–Crippen MR) is 110 cm³/mol. The highest BCUT2D eigenvalue weighted by molar-refractivity contribution is 7.17. The molecule has 0 atom stereocenters. The molecule has 0 fully saturated rings. The number of aromatic nitrogens is 2. The van der Waals surface area contributed by atoms with Gasteiger partial charge in [-0.3, -0.25) is 4.79 Å². The molecule has 0 bridgehead atoms. The van der Waals surface area contributed by atoms with E-state index < -0.39 is 0 Å². The Morgan fingerprint density at radius 2 is 1.86 bits per heavy atom. The van der Waals surface area contributed by atoms with E-state index in [0.29, 0.717) is 17.3 Å². The minimum absolute atomic E-state index is 0.172. The molecule has 7 heteroatoms. The zero-order valence-electron chi connectivity index (χ0n) is 15.1. The molecular weight excluding hydrogens is 374 g/mol. The molecule has 0 aliphatic rings. The van der Waals surface area contributed by atoms with E-state index >= 15 is 0 Å². The molecule has 4 rings (SSSR count). The van der Waals surface area contributed by atoms with Crippen molar-refractivity contribution in [2.24, 2.45) is 0 Å². The zero-order chi connectivity index (χ0) is 19.3. The summed E-state index contributed by atoms with van der Waals surface area (Å²) in [5.74, 6) is 0.678. The lowest BCUT2D eigenvalue weighted by Crippen LogP contribution is -2.20. The molecule has 6 nitrogen and oxygen atoms in total. The SMILES string of the molecule is COc1ccccc1NC(=O)COc1ncnc2scc(-c3ccccc3)c12. The molecule has 2 aromatic heterocycles. The number of nitrogens with one attached hydrogen (secondary N) is 1. The third-order valence-electron chi connectivity index (χ3n) is 4.14. The molecule has 2 heterocycles. The first-order chi connectivity index (χ1) is 13.8. The van der Waals surface area contributed by atoms with Crippen molar-refractivity contribution < 1.29 is 14.3 Å². The number of rotatable bonds is 6. The first-order valence-corrected chi connectivity index (χ1v) is 9.47. The zero-order valence-corrected chi connectivity index (χ0v) is 15.9. The van der Waals surface area contributed by atoms with E-state index in [9.17, 15) is 4.79 Å². The van der Waals surface area contributed by atoms with Crippen LogP contribution in [-0.4, -0.2) is 29.6 Å². The standard InChI is InChI=1S/C21H17N3O3S/c1-26-17-10-6-5-9-16(17)24-18(25)11-27-20-19-15(14-7-3-2-4-8-14)12-28-21(19)23-13-22-20/h2-10,12-13H,11H2,1H3,(H,24,25). The number of fused-ring (bicyclic) bond motifs is 1. The average Bonchev–Trinajstić information content (AvgIpc) is 3.18. The smallest absolute Gasteiger partial charge is 0.262 e. The van der Waals surface area contributed by atoms with E-state index in [1.54, 1.807) is 19.2 Å². The molecule has 0 aliphatic carbocycles. The highest BCUT2D eigenvalue weighted by Crippen LogP contribution is 2.37. The topological polar surface area (TPSA) is 73.3 Å². The van der Waals surface area contributed by atoms with Gasteiger partial charge in [-0.15, -0.1) is 11.3 Å². The number of thiophene rings is 1. The Labute approximate surface area is 165 Å². The summed E-state index contributed by atoms with van der Waals surface area (Å²) in [5, 5.41) is 5.62. The number of ether oxygens (including phenoxy) is 2. The van der Waals surface area contributed by atoms with Gasteiger partial charge in [0.15, 0.2) is 6.61 Å². The molecule has 0 unspecified atom stereocenters. The highest BCUT2D eigenvalue weighted by Gasteiger charge is 2.15. The van der Waals surface area contributed by atoms with Crippen LogP contribution in [0.3, 0.4) is 0 Å². The minimum atomic E-state index is -0.298. The molecule has 0 spiro atoms. The molecule has 140 valence electrons. The molecule has 0 saturated carbocycles. The summed E-state index contributed by atoms with van der Waals surface area (Å²) in [6, 6.07) is 17.2. The van der Waals surface area contributed by atoms with Crippen LogP contribution in [-0.2, 0) is 4.79 Å². The number of para-hydroxylation sites is 2.